The minimum absolute atomic E-state index is 0.0187. The number of carbonyl (C=O) groups excluding carboxylic acids is 3. The molecule has 14 heteroatoms. The smallest absolute Gasteiger partial charge is 0.292 e. The largest absolute Gasteiger partial charge is 0.368 e. The van der Waals surface area contributed by atoms with Gasteiger partial charge in [0.1, 0.15) is 5.69 Å². The molecule has 6 aromatic rings. The van der Waals surface area contributed by atoms with E-state index < -0.39 is 0 Å². The van der Waals surface area contributed by atoms with Crippen LogP contribution < -0.4 is 15.5 Å². The van der Waals surface area contributed by atoms with Crippen LogP contribution in [0.15, 0.2) is 77.6 Å². The highest BCUT2D eigenvalue weighted by Crippen LogP contribution is 2.31. The second-order valence-corrected chi connectivity index (χ2v) is 15.9. The Morgan fingerprint density at radius 2 is 1.75 bits per heavy atom. The summed E-state index contributed by atoms with van der Waals surface area (Å²) < 4.78 is 5.27. The molecule has 4 aromatic heterocycles. The number of aryl methyl sites for hydroxylation is 1. The Hall–Kier alpha value is -6.28. The number of imide groups is 1. The number of H-pyrrole nitrogens is 1. The van der Waals surface area contributed by atoms with Crippen LogP contribution in [0.3, 0.4) is 0 Å². The molecule has 14 nitrogen and oxygen atoms in total. The molecule has 57 heavy (non-hydrogen) atoms. The maximum atomic E-state index is 12.7. The molecule has 2 saturated heterocycles. The number of hydrogen-bond acceptors (Lipinski definition) is 11. The second kappa shape index (κ2) is 15.7. The Balaban J connectivity index is 0.854. The summed E-state index contributed by atoms with van der Waals surface area (Å²) in [6.07, 6.45) is 5.66. The summed E-state index contributed by atoms with van der Waals surface area (Å²) >= 11 is 0. The zero-order valence-electron chi connectivity index (χ0n) is 32.6. The summed E-state index contributed by atoms with van der Waals surface area (Å²) in [5.41, 5.74) is 9.09. The molecular weight excluding hydrogens is 721 g/mol. The summed E-state index contributed by atoms with van der Waals surface area (Å²) in [5, 5.41) is 17.8. The van der Waals surface area contributed by atoms with Gasteiger partial charge in [0, 0.05) is 73.8 Å². The van der Waals surface area contributed by atoms with Crippen LogP contribution >= 0.6 is 0 Å². The van der Waals surface area contributed by atoms with Crippen LogP contribution in [0.25, 0.3) is 33.5 Å². The Labute approximate surface area is 330 Å². The van der Waals surface area contributed by atoms with E-state index in [0.29, 0.717) is 30.9 Å². The number of anilines is 1. The van der Waals surface area contributed by atoms with Crippen molar-refractivity contribution in [1.29, 1.82) is 0 Å². The zero-order valence-corrected chi connectivity index (χ0v) is 32.6. The molecule has 3 N–H and O–H groups in total. The van der Waals surface area contributed by atoms with Gasteiger partial charge in [-0.05, 0) is 66.3 Å². The minimum atomic E-state index is -0.389. The Kier molecular flexibility index (Phi) is 10.4. The van der Waals surface area contributed by atoms with Crippen molar-refractivity contribution >= 4 is 34.4 Å². The number of carbonyl (C=O) groups is 3. The minimum Gasteiger partial charge on any atom is -0.368 e. The van der Waals surface area contributed by atoms with Gasteiger partial charge in [0.25, 0.3) is 11.7 Å². The summed E-state index contributed by atoms with van der Waals surface area (Å²) in [5.74, 6) is -0.587. The van der Waals surface area contributed by atoms with Crippen LogP contribution in [0.4, 0.5) is 5.69 Å². The van der Waals surface area contributed by atoms with Gasteiger partial charge in [-0.1, -0.05) is 62.3 Å². The number of aromatic nitrogens is 6. The number of piperazine rings is 1. The third-order valence-corrected chi connectivity index (χ3v) is 10.9. The van der Waals surface area contributed by atoms with Gasteiger partial charge in [0.05, 0.1) is 23.5 Å². The highest BCUT2D eigenvalue weighted by molar-refractivity contribution is 6.01. The monoisotopic (exact) mass is 766 g/mol. The molecule has 6 heterocycles. The quantitative estimate of drug-likeness (QED) is 0.150. The van der Waals surface area contributed by atoms with Crippen LogP contribution in [0.1, 0.15) is 78.3 Å². The first-order valence-corrected chi connectivity index (χ1v) is 19.4. The molecule has 1 unspecified atom stereocenters. The van der Waals surface area contributed by atoms with Gasteiger partial charge in [-0.15, -0.1) is 0 Å². The topological polar surface area (TPSA) is 175 Å². The van der Waals surface area contributed by atoms with Gasteiger partial charge in [0.2, 0.25) is 17.7 Å². The fourth-order valence-electron chi connectivity index (χ4n) is 7.37. The summed E-state index contributed by atoms with van der Waals surface area (Å²) in [7, 11) is 0. The van der Waals surface area contributed by atoms with E-state index in [1.807, 2.05) is 64.4 Å². The first-order valence-electron chi connectivity index (χ1n) is 19.4. The predicted molar refractivity (Wildman–Crippen MR) is 215 cm³/mol. The van der Waals surface area contributed by atoms with Crippen LogP contribution in [0.5, 0.6) is 0 Å². The van der Waals surface area contributed by atoms with E-state index in [1.165, 1.54) is 5.56 Å². The van der Waals surface area contributed by atoms with Gasteiger partial charge >= 0.3 is 0 Å². The number of pyridine rings is 2. The van der Waals surface area contributed by atoms with Crippen molar-refractivity contribution in [2.24, 2.45) is 0 Å². The van der Waals surface area contributed by atoms with Crippen molar-refractivity contribution < 1.29 is 18.9 Å². The standard InChI is InChI=1S/C43H46N10O4/c1-26-21-29(9-10-30(26)23-46-41(56)39-48-42(57-51-39)43(2,3)4)37-34-22-31(24-45-38(34)50-49-37)35-13-11-32(25-44-35)53-19-17-52(18-20-53)16-15-27-5-7-28(8-6-27)33-12-14-36(54)47-40(33)55/h5-11,13,21-22,24-25,33H,12,14-20,23H2,1-4H3,(H,46,56)(H,45,49,50)(H,47,54,55). The number of fused-ring (bicyclic) bond motifs is 1. The van der Waals surface area contributed by atoms with E-state index in [9.17, 15) is 14.4 Å². The lowest BCUT2D eigenvalue weighted by atomic mass is 9.90. The Morgan fingerprint density at radius 3 is 2.46 bits per heavy atom. The van der Waals surface area contributed by atoms with Crippen LogP contribution in [-0.4, -0.2) is 85.7 Å². The Morgan fingerprint density at radius 1 is 0.947 bits per heavy atom. The summed E-state index contributed by atoms with van der Waals surface area (Å²) in [6.45, 7) is 12.9. The molecule has 2 aromatic carbocycles. The van der Waals surface area contributed by atoms with Gasteiger partial charge in [-0.3, -0.25) is 34.7 Å². The maximum absolute atomic E-state index is 12.7. The number of nitrogens with one attached hydrogen (secondary N) is 3. The summed E-state index contributed by atoms with van der Waals surface area (Å²) in [6, 6.07) is 20.6. The average molecular weight is 767 g/mol. The van der Waals surface area contributed by atoms with Gasteiger partial charge < -0.3 is 14.7 Å². The third kappa shape index (κ3) is 8.31. The zero-order chi connectivity index (χ0) is 39.7. The number of aromatic amines is 1. The number of rotatable bonds is 10. The third-order valence-electron chi connectivity index (χ3n) is 10.9. The average Bonchev–Trinajstić information content (AvgIpc) is 3.89. The molecule has 1 atom stereocenters. The molecule has 292 valence electrons. The number of piperidine rings is 1. The van der Waals surface area contributed by atoms with E-state index in [-0.39, 0.29) is 34.9 Å². The fraction of sp³-hybridized carbons (Fsp3) is 0.349. The van der Waals surface area contributed by atoms with E-state index in [0.717, 1.165) is 89.4 Å². The summed E-state index contributed by atoms with van der Waals surface area (Å²) in [4.78, 5) is 55.1. The SMILES string of the molecule is Cc1cc(-c2n[nH]c3ncc(-c4ccc(N5CCN(CCc6ccc(C7CCC(=O)NC7=O)cc6)CC5)cn4)cc23)ccc1CNC(=O)c1noc(C(C)(C)C)n1. The molecule has 0 bridgehead atoms. The van der Waals surface area contributed by atoms with Crippen molar-refractivity contribution in [2.45, 2.75) is 64.8 Å². The lowest BCUT2D eigenvalue weighted by Gasteiger charge is -2.36. The molecule has 2 aliphatic heterocycles. The highest BCUT2D eigenvalue weighted by Gasteiger charge is 2.28. The number of hydrogen-bond donors (Lipinski definition) is 3. The van der Waals surface area contributed by atoms with Crippen molar-refractivity contribution in [1.82, 2.24) is 45.8 Å². The van der Waals surface area contributed by atoms with Crippen molar-refractivity contribution in [3.8, 4) is 22.5 Å². The number of amides is 3. The molecule has 0 radical (unpaired) electrons. The molecule has 0 spiro atoms. The van der Waals surface area contributed by atoms with Crippen molar-refractivity contribution in [3.05, 3.63) is 107 Å². The number of nitrogens with zero attached hydrogens (tertiary/aromatic N) is 7. The Bertz CT molecular complexity index is 2420. The molecular formula is C43H46N10O4. The molecule has 2 fully saturated rings. The van der Waals surface area contributed by atoms with Crippen LogP contribution in [0, 0.1) is 6.92 Å². The van der Waals surface area contributed by atoms with E-state index in [1.54, 1.807) is 0 Å². The lowest BCUT2D eigenvalue weighted by molar-refractivity contribution is -0.134. The maximum Gasteiger partial charge on any atom is 0.292 e. The molecule has 0 saturated carbocycles. The van der Waals surface area contributed by atoms with E-state index >= 15 is 0 Å². The predicted octanol–water partition coefficient (Wildman–Crippen LogP) is 5.49. The number of benzene rings is 2. The fourth-order valence-corrected chi connectivity index (χ4v) is 7.37. The van der Waals surface area contributed by atoms with Gasteiger partial charge in [-0.25, -0.2) is 4.98 Å². The van der Waals surface area contributed by atoms with Crippen molar-refractivity contribution in [3.63, 3.8) is 0 Å². The van der Waals surface area contributed by atoms with Crippen molar-refractivity contribution in [2.75, 3.05) is 37.6 Å². The molecule has 2 aliphatic rings. The van der Waals surface area contributed by atoms with Crippen LogP contribution in [0.2, 0.25) is 0 Å². The second-order valence-electron chi connectivity index (χ2n) is 15.9. The lowest BCUT2D eigenvalue weighted by Crippen LogP contribution is -2.47. The van der Waals surface area contributed by atoms with E-state index in [2.05, 4.69) is 82.2 Å². The molecule has 0 aliphatic carbocycles. The first kappa shape index (κ1) is 37.6. The highest BCUT2D eigenvalue weighted by atomic mass is 16.5. The van der Waals surface area contributed by atoms with Gasteiger partial charge in [0.15, 0.2) is 5.65 Å². The van der Waals surface area contributed by atoms with Gasteiger partial charge in [-0.2, -0.15) is 10.1 Å². The molecule has 3 amide bonds. The van der Waals surface area contributed by atoms with Crippen LogP contribution in [-0.2, 0) is 28.0 Å². The van der Waals surface area contributed by atoms with E-state index in [4.69, 9.17) is 9.51 Å². The first-order chi connectivity index (χ1) is 27.5. The molecule has 8 rings (SSSR count). The normalized spacial score (nSPS) is 16.6.